The summed E-state index contributed by atoms with van der Waals surface area (Å²) in [7, 11) is -3.74. The third-order valence-electron chi connectivity index (χ3n) is 6.15. The van der Waals surface area contributed by atoms with Crippen LogP contribution in [0.4, 0.5) is 5.69 Å². The molecule has 32 heavy (non-hydrogen) atoms. The molecule has 1 aliphatic heterocycles. The molecule has 2 N–H and O–H groups in total. The lowest BCUT2D eigenvalue weighted by atomic mass is 9.82. The summed E-state index contributed by atoms with van der Waals surface area (Å²) in [5, 5.41) is 6.36. The van der Waals surface area contributed by atoms with Crippen LogP contribution in [0, 0.1) is 16.7 Å². The fraction of sp³-hybridized carbons (Fsp3) is 0.478. The number of hydrogen-bond acceptors (Lipinski definition) is 7. The molecule has 0 radical (unpaired) electrons. The Morgan fingerprint density at radius 1 is 0.906 bits per heavy atom. The van der Waals surface area contributed by atoms with E-state index < -0.39 is 10.0 Å². The van der Waals surface area contributed by atoms with Crippen molar-refractivity contribution in [2.75, 3.05) is 26.3 Å². The molecule has 1 aliphatic carbocycles. The van der Waals surface area contributed by atoms with Crippen molar-refractivity contribution in [2.24, 2.45) is 17.0 Å². The number of benzene rings is 2. The average molecular weight is 460 g/mol. The van der Waals surface area contributed by atoms with E-state index >= 15 is 0 Å². The summed E-state index contributed by atoms with van der Waals surface area (Å²) in [6.07, 6.45) is 4.08. The Morgan fingerprint density at radius 2 is 1.59 bits per heavy atom. The van der Waals surface area contributed by atoms with E-state index in [0.29, 0.717) is 31.6 Å². The van der Waals surface area contributed by atoms with Gasteiger partial charge < -0.3 is 14.8 Å². The zero-order valence-electron chi connectivity index (χ0n) is 18.0. The van der Waals surface area contributed by atoms with Gasteiger partial charge >= 0.3 is 0 Å². The highest BCUT2D eigenvalue weighted by atomic mass is 32.2. The minimum absolute atomic E-state index is 0.0622. The highest BCUT2D eigenvalue weighted by Crippen LogP contribution is 2.31. The molecule has 0 unspecified atom stereocenters. The maximum absolute atomic E-state index is 12.5. The molecule has 1 heterocycles. The van der Waals surface area contributed by atoms with Crippen LogP contribution in [0.3, 0.4) is 0 Å². The predicted octanol–water partition coefficient (Wildman–Crippen LogP) is 3.73. The van der Waals surface area contributed by atoms with Crippen molar-refractivity contribution in [3.05, 3.63) is 52.9 Å². The Hall–Kier alpha value is -2.49. The molecule has 0 aromatic heterocycles. The van der Waals surface area contributed by atoms with Crippen LogP contribution in [0.25, 0.3) is 0 Å². The first-order valence-corrected chi connectivity index (χ1v) is 12.5. The largest absolute Gasteiger partial charge is 0.486 e. The number of fused-ring (bicyclic) bond motifs is 1. The van der Waals surface area contributed by atoms with E-state index in [4.69, 9.17) is 9.47 Å². The minimum Gasteiger partial charge on any atom is -0.486 e. The van der Waals surface area contributed by atoms with Gasteiger partial charge in [0.1, 0.15) is 23.8 Å². The molecule has 1 saturated carbocycles. The average Bonchev–Trinajstić information content (AvgIpc) is 2.83. The standard InChI is InChI=1S/C23H29N3O5S/c27-26-20-3-1-2-4-23(20)32(28,29)25-16-18-7-5-17(6-8-18)14-24-15-19-9-10-21-22(13-19)31-12-11-30-21/h1-4,9-10,13,17-18,24-25H,5-8,11-12,14-16H2. The van der Waals surface area contributed by atoms with Crippen LogP contribution in [0.2, 0.25) is 0 Å². The third kappa shape index (κ3) is 5.65. The molecule has 8 nitrogen and oxygen atoms in total. The molecule has 0 atom stereocenters. The van der Waals surface area contributed by atoms with Crippen molar-refractivity contribution in [1.29, 1.82) is 0 Å². The Morgan fingerprint density at radius 3 is 2.34 bits per heavy atom. The number of ether oxygens (including phenoxy) is 2. The molecule has 2 aliphatic rings. The van der Waals surface area contributed by atoms with E-state index in [9.17, 15) is 13.3 Å². The monoisotopic (exact) mass is 459 g/mol. The summed E-state index contributed by atoms with van der Waals surface area (Å²) in [6, 6.07) is 12.0. The van der Waals surface area contributed by atoms with Gasteiger partial charge in [0.15, 0.2) is 11.5 Å². The van der Waals surface area contributed by atoms with Gasteiger partial charge in [-0.1, -0.05) is 18.2 Å². The smallest absolute Gasteiger partial charge is 0.242 e. The molecule has 2 aromatic carbocycles. The lowest BCUT2D eigenvalue weighted by Gasteiger charge is -2.29. The normalized spacial score (nSPS) is 20.6. The van der Waals surface area contributed by atoms with Gasteiger partial charge in [-0.25, -0.2) is 13.1 Å². The number of hydrogen-bond donors (Lipinski definition) is 2. The van der Waals surface area contributed by atoms with Crippen LogP contribution in [-0.2, 0) is 16.6 Å². The number of rotatable bonds is 9. The van der Waals surface area contributed by atoms with Crippen LogP contribution in [0.15, 0.2) is 52.5 Å². The molecule has 0 bridgehead atoms. The molecule has 1 fully saturated rings. The van der Waals surface area contributed by atoms with Gasteiger partial charge in [0.2, 0.25) is 10.0 Å². The predicted molar refractivity (Wildman–Crippen MR) is 122 cm³/mol. The Kier molecular flexibility index (Phi) is 7.39. The van der Waals surface area contributed by atoms with Crippen molar-refractivity contribution in [3.63, 3.8) is 0 Å². The third-order valence-corrected chi connectivity index (χ3v) is 7.62. The fourth-order valence-electron chi connectivity index (χ4n) is 4.32. The molecule has 0 amide bonds. The lowest BCUT2D eigenvalue weighted by Crippen LogP contribution is -2.33. The zero-order valence-corrected chi connectivity index (χ0v) is 18.8. The second kappa shape index (κ2) is 10.4. The first kappa shape index (κ1) is 22.7. The summed E-state index contributed by atoms with van der Waals surface area (Å²) in [4.78, 5) is 10.8. The van der Waals surface area contributed by atoms with Gasteiger partial charge in [-0.2, -0.15) is 0 Å². The SMILES string of the molecule is O=Nc1ccccc1S(=O)(=O)NCC1CCC(CNCc2ccc3c(c2)OCCO3)CC1. The first-order chi connectivity index (χ1) is 15.5. The number of nitrogens with one attached hydrogen (secondary N) is 2. The van der Waals surface area contributed by atoms with Gasteiger partial charge in [-0.15, -0.1) is 4.91 Å². The van der Waals surface area contributed by atoms with Crippen molar-refractivity contribution in [1.82, 2.24) is 10.0 Å². The van der Waals surface area contributed by atoms with Crippen molar-refractivity contribution >= 4 is 15.7 Å². The van der Waals surface area contributed by atoms with Crippen LogP contribution in [-0.4, -0.2) is 34.7 Å². The molecule has 0 saturated heterocycles. The van der Waals surface area contributed by atoms with E-state index in [2.05, 4.69) is 21.3 Å². The van der Waals surface area contributed by atoms with E-state index in [1.807, 2.05) is 12.1 Å². The molecular formula is C23H29N3O5S. The topological polar surface area (TPSA) is 106 Å². The Labute approximate surface area is 188 Å². The van der Waals surface area contributed by atoms with E-state index in [1.54, 1.807) is 12.1 Å². The fourth-order valence-corrected chi connectivity index (χ4v) is 5.57. The molecule has 9 heteroatoms. The van der Waals surface area contributed by atoms with Crippen LogP contribution < -0.4 is 19.5 Å². The second-order valence-corrected chi connectivity index (χ2v) is 10.1. The summed E-state index contributed by atoms with van der Waals surface area (Å²) in [6.45, 7) is 3.28. The number of sulfonamides is 1. The van der Waals surface area contributed by atoms with Crippen molar-refractivity contribution < 1.29 is 17.9 Å². The molecule has 2 aromatic rings. The molecular weight excluding hydrogens is 430 g/mol. The van der Waals surface area contributed by atoms with Crippen LogP contribution in [0.1, 0.15) is 31.2 Å². The first-order valence-electron chi connectivity index (χ1n) is 11.1. The summed E-state index contributed by atoms with van der Waals surface area (Å²) in [5.41, 5.74) is 1.11. The zero-order chi connectivity index (χ0) is 22.4. The van der Waals surface area contributed by atoms with Crippen LogP contribution >= 0.6 is 0 Å². The van der Waals surface area contributed by atoms with Gasteiger partial charge in [-0.3, -0.25) is 0 Å². The maximum atomic E-state index is 12.5. The minimum atomic E-state index is -3.74. The molecule has 0 spiro atoms. The highest BCUT2D eigenvalue weighted by molar-refractivity contribution is 7.89. The summed E-state index contributed by atoms with van der Waals surface area (Å²) < 4.78 is 39.0. The van der Waals surface area contributed by atoms with Gasteiger partial charge in [-0.05, 0) is 79.1 Å². The Balaban J connectivity index is 1.19. The Bertz CT molecular complexity index is 1040. The van der Waals surface area contributed by atoms with E-state index in [1.165, 1.54) is 17.7 Å². The molecule has 172 valence electrons. The summed E-state index contributed by atoms with van der Waals surface area (Å²) >= 11 is 0. The van der Waals surface area contributed by atoms with Crippen molar-refractivity contribution in [2.45, 2.75) is 37.1 Å². The summed E-state index contributed by atoms with van der Waals surface area (Å²) in [5.74, 6) is 2.50. The van der Waals surface area contributed by atoms with Gasteiger partial charge in [0.05, 0.1) is 0 Å². The van der Waals surface area contributed by atoms with E-state index in [0.717, 1.165) is 50.3 Å². The van der Waals surface area contributed by atoms with Crippen LogP contribution in [0.5, 0.6) is 11.5 Å². The molecule has 4 rings (SSSR count). The highest BCUT2D eigenvalue weighted by Gasteiger charge is 2.24. The quantitative estimate of drug-likeness (QED) is 0.554. The van der Waals surface area contributed by atoms with Crippen molar-refractivity contribution in [3.8, 4) is 11.5 Å². The second-order valence-electron chi connectivity index (χ2n) is 8.41. The maximum Gasteiger partial charge on any atom is 0.242 e. The van der Waals surface area contributed by atoms with E-state index in [-0.39, 0.29) is 10.6 Å². The lowest BCUT2D eigenvalue weighted by molar-refractivity contribution is 0.171. The number of nitroso groups, excluding NO2 is 1. The number of nitrogens with zero attached hydrogens (tertiary/aromatic N) is 1. The van der Waals surface area contributed by atoms with Gasteiger partial charge in [0.25, 0.3) is 0 Å². The van der Waals surface area contributed by atoms with Gasteiger partial charge in [0, 0.05) is 13.1 Å².